The van der Waals surface area contributed by atoms with Gasteiger partial charge in [-0.05, 0) is 32.3 Å². The van der Waals surface area contributed by atoms with Gasteiger partial charge >= 0.3 is 0 Å². The highest BCUT2D eigenvalue weighted by Gasteiger charge is 2.23. The number of thiophene rings is 1. The largest absolute Gasteiger partial charge is 0.394 e. The Morgan fingerprint density at radius 2 is 2.28 bits per heavy atom. The SMILES string of the molecule is CN(Cc1nc2ccsc2c(=O)[nH]1)C(C)(C)CO. The van der Waals surface area contributed by atoms with Gasteiger partial charge in [-0.15, -0.1) is 11.3 Å². The highest BCUT2D eigenvalue weighted by Crippen LogP contribution is 2.16. The van der Waals surface area contributed by atoms with E-state index in [0.29, 0.717) is 17.1 Å². The molecule has 2 aromatic rings. The Kier molecular flexibility index (Phi) is 3.52. The Balaban J connectivity index is 2.30. The summed E-state index contributed by atoms with van der Waals surface area (Å²) in [6.07, 6.45) is 0. The highest BCUT2D eigenvalue weighted by atomic mass is 32.1. The molecule has 6 heteroatoms. The Labute approximate surface area is 109 Å². The summed E-state index contributed by atoms with van der Waals surface area (Å²) in [5.41, 5.74) is 0.288. The van der Waals surface area contributed by atoms with Crippen molar-refractivity contribution in [3.63, 3.8) is 0 Å². The zero-order chi connectivity index (χ0) is 13.3. The van der Waals surface area contributed by atoms with E-state index in [1.807, 2.05) is 37.2 Å². The number of aliphatic hydroxyl groups is 1. The van der Waals surface area contributed by atoms with Crippen LogP contribution < -0.4 is 5.56 Å². The maximum absolute atomic E-state index is 11.8. The molecule has 0 spiro atoms. The molecule has 0 saturated heterocycles. The van der Waals surface area contributed by atoms with Crippen molar-refractivity contribution in [3.8, 4) is 0 Å². The van der Waals surface area contributed by atoms with Gasteiger partial charge in [-0.25, -0.2) is 4.98 Å². The minimum Gasteiger partial charge on any atom is -0.394 e. The Bertz CT molecular complexity index is 603. The van der Waals surface area contributed by atoms with Crippen LogP contribution in [-0.4, -0.2) is 39.2 Å². The first-order valence-corrected chi connectivity index (χ1v) is 6.60. The lowest BCUT2D eigenvalue weighted by Crippen LogP contribution is -2.44. The molecular formula is C12H17N3O2S. The molecule has 0 amide bonds. The summed E-state index contributed by atoms with van der Waals surface area (Å²) < 4.78 is 0.655. The van der Waals surface area contributed by atoms with Crippen LogP contribution in [0.25, 0.3) is 10.2 Å². The number of hydrogen-bond acceptors (Lipinski definition) is 5. The molecule has 5 nitrogen and oxygen atoms in total. The van der Waals surface area contributed by atoms with Gasteiger partial charge in [-0.2, -0.15) is 0 Å². The lowest BCUT2D eigenvalue weighted by molar-refractivity contribution is 0.0714. The number of nitrogens with one attached hydrogen (secondary N) is 1. The van der Waals surface area contributed by atoms with Crippen molar-refractivity contribution in [1.29, 1.82) is 0 Å². The van der Waals surface area contributed by atoms with E-state index in [0.717, 1.165) is 5.52 Å². The molecule has 2 aromatic heterocycles. The Hall–Kier alpha value is -1.24. The van der Waals surface area contributed by atoms with Crippen LogP contribution in [0.1, 0.15) is 19.7 Å². The van der Waals surface area contributed by atoms with Crippen LogP contribution in [0, 0.1) is 0 Å². The van der Waals surface area contributed by atoms with Gasteiger partial charge in [0.25, 0.3) is 5.56 Å². The first-order valence-electron chi connectivity index (χ1n) is 5.72. The minimum absolute atomic E-state index is 0.0500. The second-order valence-electron chi connectivity index (χ2n) is 4.97. The van der Waals surface area contributed by atoms with E-state index >= 15 is 0 Å². The standard InChI is InChI=1S/C12H17N3O2S/c1-12(2,7-16)15(3)6-9-13-8-4-5-18-10(8)11(17)14-9/h4-5,16H,6-7H2,1-3H3,(H,13,14,17). The number of H-pyrrole nitrogens is 1. The zero-order valence-corrected chi connectivity index (χ0v) is 11.5. The molecule has 98 valence electrons. The number of aliphatic hydroxyl groups excluding tert-OH is 1. The number of fused-ring (bicyclic) bond motifs is 1. The third-order valence-corrected chi connectivity index (χ3v) is 4.07. The molecule has 0 aliphatic rings. The van der Waals surface area contributed by atoms with Gasteiger partial charge < -0.3 is 10.1 Å². The first kappa shape index (κ1) is 13.2. The lowest BCUT2D eigenvalue weighted by Gasteiger charge is -2.33. The van der Waals surface area contributed by atoms with E-state index < -0.39 is 0 Å². The predicted molar refractivity (Wildman–Crippen MR) is 72.9 cm³/mol. The number of likely N-dealkylation sites (N-methyl/N-ethyl adjacent to an activating group) is 1. The normalized spacial score (nSPS) is 12.5. The van der Waals surface area contributed by atoms with Gasteiger partial charge in [-0.3, -0.25) is 9.69 Å². The fraction of sp³-hybridized carbons (Fsp3) is 0.500. The summed E-state index contributed by atoms with van der Waals surface area (Å²) in [6.45, 7) is 4.42. The molecular weight excluding hydrogens is 250 g/mol. The minimum atomic E-state index is -0.345. The smallest absolute Gasteiger partial charge is 0.268 e. The van der Waals surface area contributed by atoms with Crippen LogP contribution in [0.15, 0.2) is 16.2 Å². The number of rotatable bonds is 4. The van der Waals surface area contributed by atoms with Crippen LogP contribution in [0.5, 0.6) is 0 Å². The number of aromatic amines is 1. The van der Waals surface area contributed by atoms with E-state index in [2.05, 4.69) is 9.97 Å². The van der Waals surface area contributed by atoms with Gasteiger partial charge in [0.2, 0.25) is 0 Å². The summed E-state index contributed by atoms with van der Waals surface area (Å²) >= 11 is 1.39. The topological polar surface area (TPSA) is 69.2 Å². The van der Waals surface area contributed by atoms with Gasteiger partial charge in [-0.1, -0.05) is 0 Å². The van der Waals surface area contributed by atoms with E-state index in [1.165, 1.54) is 11.3 Å². The van der Waals surface area contributed by atoms with Crippen molar-refractivity contribution in [2.24, 2.45) is 0 Å². The first-order chi connectivity index (χ1) is 8.44. The van der Waals surface area contributed by atoms with E-state index in [-0.39, 0.29) is 17.7 Å². The maximum Gasteiger partial charge on any atom is 0.268 e. The summed E-state index contributed by atoms with van der Waals surface area (Å²) in [6, 6.07) is 1.84. The summed E-state index contributed by atoms with van der Waals surface area (Å²) in [5.74, 6) is 0.620. The number of hydrogen-bond donors (Lipinski definition) is 2. The summed E-state index contributed by atoms with van der Waals surface area (Å²) in [7, 11) is 1.90. The van der Waals surface area contributed by atoms with Gasteiger partial charge in [0, 0.05) is 5.54 Å². The molecule has 2 N–H and O–H groups in total. The van der Waals surface area contributed by atoms with Gasteiger partial charge in [0.15, 0.2) is 0 Å². The summed E-state index contributed by atoms with van der Waals surface area (Å²) in [4.78, 5) is 21.0. The van der Waals surface area contributed by atoms with E-state index in [1.54, 1.807) is 0 Å². The van der Waals surface area contributed by atoms with Crippen molar-refractivity contribution < 1.29 is 5.11 Å². The maximum atomic E-state index is 11.8. The van der Waals surface area contributed by atoms with Crippen LogP contribution in [-0.2, 0) is 6.54 Å². The molecule has 18 heavy (non-hydrogen) atoms. The molecule has 0 aliphatic heterocycles. The molecule has 0 atom stereocenters. The third kappa shape index (κ3) is 2.45. The van der Waals surface area contributed by atoms with Crippen LogP contribution >= 0.6 is 11.3 Å². The molecule has 0 aliphatic carbocycles. The van der Waals surface area contributed by atoms with E-state index in [9.17, 15) is 9.90 Å². The number of aromatic nitrogens is 2. The van der Waals surface area contributed by atoms with Crippen LogP contribution in [0.2, 0.25) is 0 Å². The van der Waals surface area contributed by atoms with Crippen LogP contribution in [0.4, 0.5) is 0 Å². The fourth-order valence-electron chi connectivity index (χ4n) is 1.56. The fourth-order valence-corrected chi connectivity index (χ4v) is 2.28. The molecule has 2 heterocycles. The van der Waals surface area contributed by atoms with Crippen molar-refractivity contribution in [1.82, 2.24) is 14.9 Å². The molecule has 0 saturated carbocycles. The molecule has 0 aromatic carbocycles. The summed E-state index contributed by atoms with van der Waals surface area (Å²) in [5, 5.41) is 11.2. The highest BCUT2D eigenvalue weighted by molar-refractivity contribution is 7.17. The monoisotopic (exact) mass is 267 g/mol. The Morgan fingerprint density at radius 1 is 1.56 bits per heavy atom. The van der Waals surface area contributed by atoms with Crippen molar-refractivity contribution in [2.45, 2.75) is 25.9 Å². The average molecular weight is 267 g/mol. The average Bonchev–Trinajstić information content (AvgIpc) is 2.77. The molecule has 0 bridgehead atoms. The molecule has 0 fully saturated rings. The van der Waals surface area contributed by atoms with Crippen molar-refractivity contribution in [3.05, 3.63) is 27.6 Å². The van der Waals surface area contributed by atoms with Gasteiger partial charge in [0.1, 0.15) is 10.5 Å². The lowest BCUT2D eigenvalue weighted by atomic mass is 10.1. The second-order valence-corrected chi connectivity index (χ2v) is 5.89. The van der Waals surface area contributed by atoms with E-state index in [4.69, 9.17) is 0 Å². The predicted octanol–water partition coefficient (Wildman–Crippen LogP) is 1.19. The third-order valence-electron chi connectivity index (χ3n) is 3.17. The second kappa shape index (κ2) is 4.79. The van der Waals surface area contributed by atoms with Crippen LogP contribution in [0.3, 0.4) is 0 Å². The molecule has 2 rings (SSSR count). The quantitative estimate of drug-likeness (QED) is 0.873. The number of nitrogens with zero attached hydrogens (tertiary/aromatic N) is 2. The van der Waals surface area contributed by atoms with Crippen molar-refractivity contribution >= 4 is 21.6 Å². The Morgan fingerprint density at radius 3 is 2.94 bits per heavy atom. The molecule has 0 unspecified atom stereocenters. The van der Waals surface area contributed by atoms with Crippen molar-refractivity contribution in [2.75, 3.05) is 13.7 Å². The molecule has 0 radical (unpaired) electrons. The van der Waals surface area contributed by atoms with Gasteiger partial charge in [0.05, 0.1) is 18.7 Å². The zero-order valence-electron chi connectivity index (χ0n) is 10.7.